The first-order valence-electron chi connectivity index (χ1n) is 14.7. The molecule has 2 N–H and O–H groups in total. The number of rotatable bonds is 6. The number of carbonyl (C=O) groups is 3. The summed E-state index contributed by atoms with van der Waals surface area (Å²) >= 11 is 0. The third-order valence-corrected chi connectivity index (χ3v) is 8.65. The summed E-state index contributed by atoms with van der Waals surface area (Å²) in [6, 6.07) is 31.2. The largest absolute Gasteiger partial charge is 0.356 e. The number of carbonyl (C=O) groups excluding carboxylic acids is 3. The minimum atomic E-state index is -0.700. The molecular formula is C36H32N4O3. The molecular weight excluding hydrogens is 536 g/mol. The van der Waals surface area contributed by atoms with E-state index in [0.29, 0.717) is 24.6 Å². The maximum atomic E-state index is 14.4. The van der Waals surface area contributed by atoms with Crippen molar-refractivity contribution in [2.45, 2.75) is 44.8 Å². The van der Waals surface area contributed by atoms with Crippen molar-refractivity contribution >= 4 is 34.4 Å². The molecule has 7 nitrogen and oxygen atoms in total. The highest BCUT2D eigenvalue weighted by Crippen LogP contribution is 2.45. The first-order valence-corrected chi connectivity index (χ1v) is 14.7. The van der Waals surface area contributed by atoms with Crippen molar-refractivity contribution < 1.29 is 14.4 Å². The standard InChI is InChI=1S/C36H32N4O3/c1-22(2)24-16-18-25(19-17-24)33-32-28(26-12-6-8-14-29(26)38-32)20-31-35(42)40(36(43)39(31)33)30-15-9-7-13-27(30)34(41)37-21-23-10-4-3-5-11-23/h3-19,22,31,33,38H,20-21H2,1-2H3,(H,37,41)/t31-,33-/m0/s1. The van der Waals surface area contributed by atoms with Gasteiger partial charge in [-0.1, -0.05) is 98.8 Å². The molecule has 1 fully saturated rings. The number of nitrogens with zero attached hydrogens (tertiary/aromatic N) is 2. The van der Waals surface area contributed by atoms with Gasteiger partial charge in [0.1, 0.15) is 12.1 Å². The zero-order valence-electron chi connectivity index (χ0n) is 24.1. The second kappa shape index (κ2) is 10.6. The van der Waals surface area contributed by atoms with Crippen LogP contribution in [0.2, 0.25) is 0 Å². The zero-order chi connectivity index (χ0) is 29.7. The molecule has 4 amide bonds. The number of fused-ring (bicyclic) bond motifs is 4. The molecule has 2 atom stereocenters. The monoisotopic (exact) mass is 568 g/mol. The fourth-order valence-electron chi connectivity index (χ4n) is 6.44. The number of hydrogen-bond acceptors (Lipinski definition) is 3. The van der Waals surface area contributed by atoms with Crippen molar-refractivity contribution in [2.75, 3.05) is 4.90 Å². The Balaban J connectivity index is 1.29. The molecule has 1 saturated heterocycles. The molecule has 0 bridgehead atoms. The molecule has 1 aromatic heterocycles. The summed E-state index contributed by atoms with van der Waals surface area (Å²) < 4.78 is 0. The molecule has 0 aliphatic carbocycles. The van der Waals surface area contributed by atoms with Gasteiger partial charge in [0.2, 0.25) is 0 Å². The van der Waals surface area contributed by atoms with Crippen LogP contribution in [0.5, 0.6) is 0 Å². The lowest BCUT2D eigenvalue weighted by Gasteiger charge is -2.36. The van der Waals surface area contributed by atoms with Crippen LogP contribution >= 0.6 is 0 Å². The molecule has 2 aliphatic rings. The lowest BCUT2D eigenvalue weighted by Crippen LogP contribution is -2.44. The highest BCUT2D eigenvalue weighted by atomic mass is 16.2. The van der Waals surface area contributed by atoms with Gasteiger partial charge in [0, 0.05) is 29.6 Å². The minimum absolute atomic E-state index is 0.279. The quantitative estimate of drug-likeness (QED) is 0.224. The minimum Gasteiger partial charge on any atom is -0.356 e. The number of anilines is 1. The lowest BCUT2D eigenvalue weighted by atomic mass is 9.88. The van der Waals surface area contributed by atoms with Crippen LogP contribution in [0.3, 0.4) is 0 Å². The van der Waals surface area contributed by atoms with Crippen LogP contribution in [0.4, 0.5) is 10.5 Å². The van der Waals surface area contributed by atoms with Gasteiger partial charge in [-0.3, -0.25) is 14.5 Å². The van der Waals surface area contributed by atoms with Crippen LogP contribution in [0.1, 0.15) is 64.1 Å². The summed E-state index contributed by atoms with van der Waals surface area (Å²) in [5.74, 6) is -0.304. The van der Waals surface area contributed by atoms with Gasteiger partial charge in [-0.25, -0.2) is 9.69 Å². The molecule has 4 aromatic carbocycles. The maximum absolute atomic E-state index is 14.4. The van der Waals surface area contributed by atoms with Gasteiger partial charge in [-0.2, -0.15) is 0 Å². The third-order valence-electron chi connectivity index (χ3n) is 8.65. The van der Waals surface area contributed by atoms with Gasteiger partial charge >= 0.3 is 6.03 Å². The Morgan fingerprint density at radius 3 is 2.35 bits per heavy atom. The Morgan fingerprint density at radius 2 is 1.58 bits per heavy atom. The molecule has 43 heavy (non-hydrogen) atoms. The molecule has 214 valence electrons. The molecule has 0 spiro atoms. The van der Waals surface area contributed by atoms with Crippen LogP contribution in [0.25, 0.3) is 10.9 Å². The number of para-hydroxylation sites is 2. The SMILES string of the molecule is CC(C)c1ccc([C@H]2c3[nH]c4ccccc4c3C[C@H]3C(=O)N(c4ccccc4C(=O)NCc4ccccc4)C(=O)N23)cc1. The van der Waals surface area contributed by atoms with E-state index in [4.69, 9.17) is 0 Å². The topological polar surface area (TPSA) is 85.5 Å². The van der Waals surface area contributed by atoms with Crippen LogP contribution in [0, 0.1) is 0 Å². The molecule has 3 heterocycles. The van der Waals surface area contributed by atoms with Crippen LogP contribution in [0.15, 0.2) is 103 Å². The van der Waals surface area contributed by atoms with E-state index in [-0.39, 0.29) is 17.4 Å². The van der Waals surface area contributed by atoms with Gasteiger partial charge in [-0.15, -0.1) is 0 Å². The zero-order valence-corrected chi connectivity index (χ0v) is 24.1. The summed E-state index contributed by atoms with van der Waals surface area (Å²) in [4.78, 5) is 48.5. The third kappa shape index (κ3) is 4.48. The molecule has 7 heteroatoms. The average Bonchev–Trinajstić information content (AvgIpc) is 3.53. The Kier molecular flexibility index (Phi) is 6.58. The van der Waals surface area contributed by atoms with Crippen LogP contribution in [-0.4, -0.2) is 33.8 Å². The van der Waals surface area contributed by atoms with Gasteiger partial charge in [0.15, 0.2) is 0 Å². The van der Waals surface area contributed by atoms with E-state index in [2.05, 4.69) is 54.5 Å². The second-order valence-corrected chi connectivity index (χ2v) is 11.6. The summed E-state index contributed by atoms with van der Waals surface area (Å²) in [6.45, 7) is 4.63. The predicted octanol–water partition coefficient (Wildman–Crippen LogP) is 6.70. The molecule has 0 unspecified atom stereocenters. The summed E-state index contributed by atoms with van der Waals surface area (Å²) in [5.41, 5.74) is 6.61. The van der Waals surface area contributed by atoms with E-state index in [9.17, 15) is 14.4 Å². The fraction of sp³-hybridized carbons (Fsp3) is 0.194. The van der Waals surface area contributed by atoms with Gasteiger partial charge in [0.25, 0.3) is 11.8 Å². The van der Waals surface area contributed by atoms with Crippen molar-refractivity contribution in [3.8, 4) is 0 Å². The molecule has 2 aliphatic heterocycles. The van der Waals surface area contributed by atoms with Gasteiger partial charge in [0.05, 0.1) is 11.3 Å². The van der Waals surface area contributed by atoms with Crippen molar-refractivity contribution in [2.24, 2.45) is 0 Å². The van der Waals surface area contributed by atoms with Crippen LogP contribution in [-0.2, 0) is 17.8 Å². The van der Waals surface area contributed by atoms with Crippen LogP contribution < -0.4 is 10.2 Å². The number of nitrogens with one attached hydrogen (secondary N) is 2. The molecule has 0 radical (unpaired) electrons. The van der Waals surface area contributed by atoms with Gasteiger partial charge in [-0.05, 0) is 46.4 Å². The van der Waals surface area contributed by atoms with E-state index in [1.54, 1.807) is 29.2 Å². The highest BCUT2D eigenvalue weighted by molar-refractivity contribution is 6.24. The predicted molar refractivity (Wildman–Crippen MR) is 167 cm³/mol. The number of aromatic nitrogens is 1. The first kappa shape index (κ1) is 26.7. The number of imide groups is 1. The lowest BCUT2D eigenvalue weighted by molar-refractivity contribution is -0.120. The van der Waals surface area contributed by atoms with Crippen molar-refractivity contribution in [1.29, 1.82) is 0 Å². The van der Waals surface area contributed by atoms with E-state index in [1.165, 1.54) is 10.5 Å². The van der Waals surface area contributed by atoms with Gasteiger partial charge < -0.3 is 10.3 Å². The molecule has 5 aromatic rings. The summed E-state index contributed by atoms with van der Waals surface area (Å²) in [5, 5.41) is 4.00. The number of urea groups is 1. The second-order valence-electron chi connectivity index (χ2n) is 11.6. The number of amides is 4. The summed E-state index contributed by atoms with van der Waals surface area (Å²) in [7, 11) is 0. The van der Waals surface area contributed by atoms with Crippen molar-refractivity contribution in [1.82, 2.24) is 15.2 Å². The van der Waals surface area contributed by atoms with E-state index < -0.39 is 18.1 Å². The number of benzene rings is 4. The number of H-pyrrole nitrogens is 1. The summed E-state index contributed by atoms with van der Waals surface area (Å²) in [6.07, 6.45) is 0.392. The Hall–Kier alpha value is -5.17. The smallest absolute Gasteiger partial charge is 0.332 e. The van der Waals surface area contributed by atoms with Crippen molar-refractivity contribution in [3.05, 3.63) is 137 Å². The normalized spacial score (nSPS) is 17.8. The maximum Gasteiger partial charge on any atom is 0.332 e. The molecule has 7 rings (SSSR count). The first-order chi connectivity index (χ1) is 20.9. The average molecular weight is 569 g/mol. The Labute approximate surface area is 250 Å². The fourth-order valence-corrected chi connectivity index (χ4v) is 6.44. The Bertz CT molecular complexity index is 1860. The number of hydrogen-bond donors (Lipinski definition) is 2. The van der Waals surface area contributed by atoms with Crippen molar-refractivity contribution in [3.63, 3.8) is 0 Å². The highest BCUT2D eigenvalue weighted by Gasteiger charge is 2.53. The molecule has 0 saturated carbocycles. The van der Waals surface area contributed by atoms with E-state index in [1.807, 2.05) is 48.5 Å². The Morgan fingerprint density at radius 1 is 0.884 bits per heavy atom. The van der Waals surface area contributed by atoms with E-state index in [0.717, 1.165) is 33.3 Å². The number of aromatic amines is 1. The van der Waals surface area contributed by atoms with E-state index >= 15 is 0 Å².